The van der Waals surface area contributed by atoms with Crippen molar-refractivity contribution in [2.24, 2.45) is 0 Å². The number of benzene rings is 1. The summed E-state index contributed by atoms with van der Waals surface area (Å²) in [6.07, 6.45) is 0.454. The minimum Gasteiger partial charge on any atom is -0.492 e. The summed E-state index contributed by atoms with van der Waals surface area (Å²) in [7, 11) is 0. The van der Waals surface area contributed by atoms with Crippen molar-refractivity contribution in [1.29, 1.82) is 0 Å². The van der Waals surface area contributed by atoms with Gasteiger partial charge in [0, 0.05) is 10.9 Å². The molecule has 0 saturated carbocycles. The zero-order valence-corrected chi connectivity index (χ0v) is 11.7. The van der Waals surface area contributed by atoms with Crippen LogP contribution in [0.5, 0.6) is 5.88 Å². The second-order valence-corrected chi connectivity index (χ2v) is 5.17. The first-order chi connectivity index (χ1) is 8.06. The van der Waals surface area contributed by atoms with Crippen molar-refractivity contribution in [2.45, 2.75) is 6.42 Å². The number of aromatic amines is 1. The molecule has 2 rings (SSSR count). The van der Waals surface area contributed by atoms with Gasteiger partial charge in [-0.1, -0.05) is 28.1 Å². The van der Waals surface area contributed by atoms with Crippen LogP contribution in [0.4, 0.5) is 0 Å². The Morgan fingerprint density at radius 2 is 2.12 bits per heavy atom. The Kier molecular flexibility index (Phi) is 3.63. The fourth-order valence-corrected chi connectivity index (χ4v) is 2.05. The van der Waals surface area contributed by atoms with Crippen LogP contribution < -0.4 is 5.56 Å². The minimum absolute atomic E-state index is 0.0514. The van der Waals surface area contributed by atoms with Crippen LogP contribution in [0.1, 0.15) is 11.4 Å². The summed E-state index contributed by atoms with van der Waals surface area (Å²) in [6.45, 7) is 0. The minimum atomic E-state index is -0.387. The molecule has 88 valence electrons. The Balaban J connectivity index is 2.34. The zero-order valence-electron chi connectivity index (χ0n) is 8.58. The highest BCUT2D eigenvalue weighted by Gasteiger charge is 2.07. The largest absolute Gasteiger partial charge is 0.492 e. The first-order valence-electron chi connectivity index (χ1n) is 4.78. The molecule has 2 N–H and O–H groups in total. The Labute approximate surface area is 114 Å². The molecule has 0 fully saturated rings. The highest BCUT2D eigenvalue weighted by molar-refractivity contribution is 9.10. The average Bonchev–Trinajstić information content (AvgIpc) is 2.26. The third-order valence-corrected chi connectivity index (χ3v) is 3.36. The monoisotopic (exact) mass is 358 g/mol. The topological polar surface area (TPSA) is 66.0 Å². The van der Waals surface area contributed by atoms with Gasteiger partial charge in [0.2, 0.25) is 5.88 Å². The van der Waals surface area contributed by atoms with E-state index in [1.54, 1.807) is 0 Å². The summed E-state index contributed by atoms with van der Waals surface area (Å²) >= 11 is 6.31. The van der Waals surface area contributed by atoms with Crippen molar-refractivity contribution < 1.29 is 5.11 Å². The standard InChI is InChI=1S/C11H8Br2N2O2/c12-7-3-1-2-6(4-7)5-8-14-10(16)9(13)11(17)15-8/h1-4H,5H2,(H2,14,15,16,17). The fourth-order valence-electron chi connectivity index (χ4n) is 1.42. The molecule has 1 aromatic carbocycles. The van der Waals surface area contributed by atoms with Gasteiger partial charge >= 0.3 is 0 Å². The normalized spacial score (nSPS) is 10.5. The summed E-state index contributed by atoms with van der Waals surface area (Å²) in [6, 6.07) is 7.66. The predicted molar refractivity (Wildman–Crippen MR) is 71.2 cm³/mol. The number of nitrogens with zero attached hydrogens (tertiary/aromatic N) is 1. The quantitative estimate of drug-likeness (QED) is 0.866. The molecule has 0 aliphatic rings. The maximum Gasteiger partial charge on any atom is 0.269 e. The summed E-state index contributed by atoms with van der Waals surface area (Å²) < 4.78 is 1.01. The van der Waals surface area contributed by atoms with Crippen LogP contribution in [0.25, 0.3) is 0 Å². The molecular formula is C11H8Br2N2O2. The lowest BCUT2D eigenvalue weighted by molar-refractivity contribution is 0.444. The van der Waals surface area contributed by atoms with Gasteiger partial charge in [0.25, 0.3) is 5.56 Å². The molecule has 2 aromatic rings. The van der Waals surface area contributed by atoms with Crippen molar-refractivity contribution in [2.75, 3.05) is 0 Å². The Morgan fingerprint density at radius 1 is 1.35 bits per heavy atom. The van der Waals surface area contributed by atoms with E-state index in [-0.39, 0.29) is 15.9 Å². The van der Waals surface area contributed by atoms with Gasteiger partial charge in [-0.3, -0.25) is 4.79 Å². The molecule has 1 aromatic heterocycles. The van der Waals surface area contributed by atoms with Crippen molar-refractivity contribution in [3.8, 4) is 5.88 Å². The van der Waals surface area contributed by atoms with Crippen LogP contribution in [-0.2, 0) is 6.42 Å². The number of aromatic nitrogens is 2. The molecule has 0 aliphatic heterocycles. The van der Waals surface area contributed by atoms with Gasteiger partial charge in [-0.2, -0.15) is 4.98 Å². The molecule has 0 saturated heterocycles. The molecule has 4 nitrogen and oxygen atoms in total. The molecule has 0 amide bonds. The van der Waals surface area contributed by atoms with Crippen molar-refractivity contribution in [3.05, 3.63) is 55.0 Å². The van der Waals surface area contributed by atoms with E-state index in [4.69, 9.17) is 0 Å². The third-order valence-electron chi connectivity index (χ3n) is 2.15. The maximum atomic E-state index is 11.4. The molecule has 0 atom stereocenters. The number of rotatable bonds is 2. The van der Waals surface area contributed by atoms with Crippen molar-refractivity contribution in [3.63, 3.8) is 0 Å². The van der Waals surface area contributed by atoms with E-state index < -0.39 is 0 Å². The van der Waals surface area contributed by atoms with Crippen LogP contribution in [-0.4, -0.2) is 15.1 Å². The SMILES string of the molecule is O=c1[nH]c(Cc2cccc(Br)c2)nc(O)c1Br. The van der Waals surface area contributed by atoms with E-state index in [0.717, 1.165) is 10.0 Å². The van der Waals surface area contributed by atoms with Crippen LogP contribution in [0, 0.1) is 0 Å². The fraction of sp³-hybridized carbons (Fsp3) is 0.0909. The molecule has 0 unspecified atom stereocenters. The first kappa shape index (κ1) is 12.3. The summed E-state index contributed by atoms with van der Waals surface area (Å²) in [5.41, 5.74) is 0.603. The van der Waals surface area contributed by atoms with Crippen LogP contribution in [0.2, 0.25) is 0 Å². The molecule has 1 heterocycles. The van der Waals surface area contributed by atoms with Crippen LogP contribution in [0.3, 0.4) is 0 Å². The maximum absolute atomic E-state index is 11.4. The molecular weight excluding hydrogens is 352 g/mol. The Hall–Kier alpha value is -1.14. The van der Waals surface area contributed by atoms with E-state index in [1.165, 1.54) is 0 Å². The second-order valence-electron chi connectivity index (χ2n) is 3.46. The highest BCUT2D eigenvalue weighted by Crippen LogP contribution is 2.17. The lowest BCUT2D eigenvalue weighted by atomic mass is 10.1. The third kappa shape index (κ3) is 2.95. The number of H-pyrrole nitrogens is 1. The molecule has 0 spiro atoms. The van der Waals surface area contributed by atoms with Gasteiger partial charge in [0.1, 0.15) is 10.3 Å². The van der Waals surface area contributed by atoms with Gasteiger partial charge in [0.05, 0.1) is 0 Å². The van der Waals surface area contributed by atoms with Crippen LogP contribution >= 0.6 is 31.9 Å². The summed E-state index contributed by atoms with van der Waals surface area (Å²) in [4.78, 5) is 17.9. The van der Waals surface area contributed by atoms with Gasteiger partial charge < -0.3 is 10.1 Å². The van der Waals surface area contributed by atoms with Gasteiger partial charge in [0.15, 0.2) is 0 Å². The van der Waals surface area contributed by atoms with E-state index >= 15 is 0 Å². The van der Waals surface area contributed by atoms with Gasteiger partial charge in [-0.05, 0) is 33.6 Å². The van der Waals surface area contributed by atoms with Crippen LogP contribution in [0.15, 0.2) is 38.0 Å². The summed E-state index contributed by atoms with van der Waals surface area (Å²) in [5.74, 6) is 0.132. The van der Waals surface area contributed by atoms with E-state index in [1.807, 2.05) is 24.3 Å². The number of hydrogen-bond acceptors (Lipinski definition) is 3. The lowest BCUT2D eigenvalue weighted by Gasteiger charge is -2.03. The first-order valence-corrected chi connectivity index (χ1v) is 6.37. The lowest BCUT2D eigenvalue weighted by Crippen LogP contribution is -2.12. The van der Waals surface area contributed by atoms with E-state index in [2.05, 4.69) is 41.8 Å². The number of nitrogens with one attached hydrogen (secondary N) is 1. The number of aromatic hydroxyl groups is 1. The van der Waals surface area contributed by atoms with Gasteiger partial charge in [-0.15, -0.1) is 0 Å². The summed E-state index contributed by atoms with van der Waals surface area (Å²) in [5, 5.41) is 9.43. The Bertz CT molecular complexity index is 611. The number of hydrogen-bond donors (Lipinski definition) is 2. The molecule has 6 heteroatoms. The van der Waals surface area contributed by atoms with Crippen molar-refractivity contribution in [1.82, 2.24) is 9.97 Å². The smallest absolute Gasteiger partial charge is 0.269 e. The second kappa shape index (κ2) is 5.01. The molecule has 0 aliphatic carbocycles. The molecule has 0 radical (unpaired) electrons. The van der Waals surface area contributed by atoms with Crippen molar-refractivity contribution >= 4 is 31.9 Å². The average molecular weight is 360 g/mol. The van der Waals surface area contributed by atoms with E-state index in [9.17, 15) is 9.90 Å². The Morgan fingerprint density at radius 3 is 2.76 bits per heavy atom. The van der Waals surface area contributed by atoms with Gasteiger partial charge in [-0.25, -0.2) is 0 Å². The zero-order chi connectivity index (χ0) is 12.4. The highest BCUT2D eigenvalue weighted by atomic mass is 79.9. The predicted octanol–water partition coefficient (Wildman–Crippen LogP) is 2.59. The molecule has 17 heavy (non-hydrogen) atoms. The molecule has 0 bridgehead atoms. The number of halogens is 2. The van der Waals surface area contributed by atoms with E-state index in [0.29, 0.717) is 12.2 Å².